The summed E-state index contributed by atoms with van der Waals surface area (Å²) in [5, 5.41) is 17.9. The molecule has 136 valence electrons. The minimum atomic E-state index is -0.477. The predicted octanol–water partition coefficient (Wildman–Crippen LogP) is 1.53. The smallest absolute Gasteiger partial charge is 0.321 e. The number of methoxy groups -OCH3 is 2. The molecule has 0 aliphatic heterocycles. The number of anilines is 1. The molecule has 0 aliphatic carbocycles. The molecule has 2 amide bonds. The third-order valence-corrected chi connectivity index (χ3v) is 3.67. The summed E-state index contributed by atoms with van der Waals surface area (Å²) in [5.74, 6) is 1.45. The monoisotopic (exact) mass is 357 g/mol. The number of benzene rings is 1. The molecule has 9 nitrogen and oxygen atoms in total. The first-order valence-electron chi connectivity index (χ1n) is 7.89. The van der Waals surface area contributed by atoms with Crippen molar-refractivity contribution in [3.63, 3.8) is 0 Å². The molecule has 0 bridgehead atoms. The van der Waals surface area contributed by atoms with Crippen LogP contribution in [-0.2, 0) is 0 Å². The van der Waals surface area contributed by atoms with Crippen molar-refractivity contribution in [2.24, 2.45) is 0 Å². The van der Waals surface area contributed by atoms with Gasteiger partial charge in [-0.3, -0.25) is 5.32 Å². The van der Waals surface area contributed by atoms with Crippen molar-refractivity contribution in [2.75, 3.05) is 32.7 Å². The van der Waals surface area contributed by atoms with Crippen LogP contribution in [0.5, 0.6) is 11.5 Å². The van der Waals surface area contributed by atoms with Gasteiger partial charge in [0.05, 0.1) is 20.8 Å². The highest BCUT2D eigenvalue weighted by molar-refractivity contribution is 5.87. The summed E-state index contributed by atoms with van der Waals surface area (Å²) in [5.41, 5.74) is 2.42. The lowest BCUT2D eigenvalue weighted by molar-refractivity contribution is 0.244. The van der Waals surface area contributed by atoms with Gasteiger partial charge in [0.25, 0.3) is 5.95 Å². The maximum atomic E-state index is 11.6. The molecule has 3 N–H and O–H groups in total. The van der Waals surface area contributed by atoms with Gasteiger partial charge in [-0.2, -0.15) is 4.98 Å². The zero-order chi connectivity index (χ0) is 18.5. The summed E-state index contributed by atoms with van der Waals surface area (Å²) in [7, 11) is 3.17. The second kappa shape index (κ2) is 7.70. The second-order valence-corrected chi connectivity index (χ2v) is 5.33. The van der Waals surface area contributed by atoms with Gasteiger partial charge in [0.1, 0.15) is 0 Å². The average molecular weight is 357 g/mol. The van der Waals surface area contributed by atoms with Gasteiger partial charge in [-0.15, -0.1) is 5.10 Å². The van der Waals surface area contributed by atoms with Gasteiger partial charge < -0.3 is 19.9 Å². The minimum Gasteiger partial charge on any atom is -0.493 e. The van der Waals surface area contributed by atoms with E-state index in [2.05, 4.69) is 20.7 Å². The Kier molecular flexibility index (Phi) is 5.18. The Balaban J connectivity index is 1.86. The first kappa shape index (κ1) is 17.5. The molecule has 0 fully saturated rings. The van der Waals surface area contributed by atoms with E-state index in [1.54, 1.807) is 31.0 Å². The van der Waals surface area contributed by atoms with Gasteiger partial charge in [-0.05, 0) is 29.8 Å². The molecule has 2 aromatic heterocycles. The Bertz CT molecular complexity index is 925. The number of aliphatic hydroxyl groups is 1. The van der Waals surface area contributed by atoms with Crippen LogP contribution in [0.3, 0.4) is 0 Å². The molecule has 9 heteroatoms. The number of nitrogens with zero attached hydrogens (tertiary/aromatic N) is 3. The summed E-state index contributed by atoms with van der Waals surface area (Å²) >= 11 is 0. The highest BCUT2D eigenvalue weighted by Gasteiger charge is 2.10. The molecule has 1 aromatic carbocycles. The topological polar surface area (TPSA) is 110 Å². The Morgan fingerprint density at radius 2 is 1.92 bits per heavy atom. The van der Waals surface area contributed by atoms with Gasteiger partial charge >= 0.3 is 6.03 Å². The number of carbonyl (C=O) groups is 1. The zero-order valence-electron chi connectivity index (χ0n) is 14.4. The number of nitrogens with one attached hydrogen (secondary N) is 2. The molecule has 0 saturated carbocycles. The van der Waals surface area contributed by atoms with Crippen molar-refractivity contribution in [3.05, 3.63) is 36.5 Å². The van der Waals surface area contributed by atoms with E-state index in [9.17, 15) is 4.79 Å². The highest BCUT2D eigenvalue weighted by atomic mass is 16.5. The van der Waals surface area contributed by atoms with Crippen LogP contribution in [0.4, 0.5) is 10.7 Å². The van der Waals surface area contributed by atoms with Crippen LogP contribution in [0.15, 0.2) is 36.5 Å². The fourth-order valence-corrected chi connectivity index (χ4v) is 2.44. The Morgan fingerprint density at radius 1 is 1.15 bits per heavy atom. The van der Waals surface area contributed by atoms with Crippen molar-refractivity contribution in [1.29, 1.82) is 0 Å². The van der Waals surface area contributed by atoms with Crippen LogP contribution in [0.25, 0.3) is 16.8 Å². The van der Waals surface area contributed by atoms with Crippen LogP contribution >= 0.6 is 0 Å². The lowest BCUT2D eigenvalue weighted by Crippen LogP contribution is -2.31. The van der Waals surface area contributed by atoms with E-state index in [4.69, 9.17) is 14.6 Å². The van der Waals surface area contributed by atoms with Crippen molar-refractivity contribution < 1.29 is 19.4 Å². The van der Waals surface area contributed by atoms with Crippen molar-refractivity contribution >= 4 is 17.6 Å². The number of aliphatic hydroxyl groups excluding tert-OH is 1. The summed E-state index contributed by atoms with van der Waals surface area (Å²) in [6.45, 7) is 0.0172. The maximum absolute atomic E-state index is 11.6. The molecule has 0 aliphatic rings. The number of aromatic nitrogens is 3. The summed E-state index contributed by atoms with van der Waals surface area (Å²) in [6.07, 6.45) is 1.81. The minimum absolute atomic E-state index is 0.138. The lowest BCUT2D eigenvalue weighted by Gasteiger charge is -2.09. The fraction of sp³-hybridized carbons (Fsp3) is 0.235. The van der Waals surface area contributed by atoms with Gasteiger partial charge in [0.15, 0.2) is 17.1 Å². The molecule has 0 spiro atoms. The van der Waals surface area contributed by atoms with E-state index in [0.29, 0.717) is 17.1 Å². The summed E-state index contributed by atoms with van der Waals surface area (Å²) in [4.78, 5) is 15.8. The number of pyridine rings is 1. The van der Waals surface area contributed by atoms with Crippen LogP contribution < -0.4 is 20.1 Å². The molecular weight excluding hydrogens is 338 g/mol. The first-order valence-corrected chi connectivity index (χ1v) is 7.89. The van der Waals surface area contributed by atoms with Gasteiger partial charge in [0, 0.05) is 18.3 Å². The number of ether oxygens (including phenoxy) is 2. The van der Waals surface area contributed by atoms with E-state index >= 15 is 0 Å². The van der Waals surface area contributed by atoms with E-state index in [-0.39, 0.29) is 19.1 Å². The molecule has 2 heterocycles. The lowest BCUT2D eigenvalue weighted by atomic mass is 10.1. The maximum Gasteiger partial charge on any atom is 0.321 e. The van der Waals surface area contributed by atoms with Crippen LogP contribution in [-0.4, -0.2) is 53.1 Å². The fourth-order valence-electron chi connectivity index (χ4n) is 2.44. The number of rotatable bonds is 6. The molecule has 26 heavy (non-hydrogen) atoms. The van der Waals surface area contributed by atoms with Crippen molar-refractivity contribution in [2.45, 2.75) is 0 Å². The first-order chi connectivity index (χ1) is 12.6. The Labute approximate surface area is 149 Å². The third-order valence-electron chi connectivity index (χ3n) is 3.67. The zero-order valence-corrected chi connectivity index (χ0v) is 14.4. The molecule has 3 rings (SSSR count). The number of carbonyl (C=O) groups excluding carboxylic acids is 1. The summed E-state index contributed by atoms with van der Waals surface area (Å²) < 4.78 is 12.2. The number of amides is 2. The molecule has 3 aromatic rings. The average Bonchev–Trinajstić information content (AvgIpc) is 3.06. The molecular formula is C17H19N5O4. The van der Waals surface area contributed by atoms with Crippen molar-refractivity contribution in [1.82, 2.24) is 19.9 Å². The molecule has 0 saturated heterocycles. The number of hydrogen-bond donors (Lipinski definition) is 3. The molecule has 0 atom stereocenters. The van der Waals surface area contributed by atoms with Crippen LogP contribution in [0.2, 0.25) is 0 Å². The van der Waals surface area contributed by atoms with Gasteiger partial charge in [-0.25, -0.2) is 9.31 Å². The predicted molar refractivity (Wildman–Crippen MR) is 95.6 cm³/mol. The van der Waals surface area contributed by atoms with Gasteiger partial charge in [0.2, 0.25) is 0 Å². The van der Waals surface area contributed by atoms with E-state index in [1.165, 1.54) is 0 Å². The number of hydrogen-bond acceptors (Lipinski definition) is 6. The van der Waals surface area contributed by atoms with E-state index < -0.39 is 6.03 Å². The number of fused-ring (bicyclic) bond motifs is 1. The van der Waals surface area contributed by atoms with Crippen LogP contribution in [0, 0.1) is 0 Å². The van der Waals surface area contributed by atoms with Gasteiger partial charge in [-0.1, -0.05) is 6.07 Å². The highest BCUT2D eigenvalue weighted by Crippen LogP contribution is 2.32. The summed E-state index contributed by atoms with van der Waals surface area (Å²) in [6, 6.07) is 8.85. The largest absolute Gasteiger partial charge is 0.493 e. The van der Waals surface area contributed by atoms with E-state index in [1.807, 2.05) is 24.3 Å². The normalized spacial score (nSPS) is 10.6. The standard InChI is InChI=1S/C17H19N5O4/c1-25-13-5-3-11(9-14(13)26-2)12-4-6-15-19-16(21-22(15)10-12)20-17(24)18-7-8-23/h3-6,9-10,23H,7-8H2,1-2H3,(H2,18,20,21,24). The van der Waals surface area contributed by atoms with Crippen molar-refractivity contribution in [3.8, 4) is 22.6 Å². The van der Waals surface area contributed by atoms with E-state index in [0.717, 1.165) is 11.1 Å². The number of urea groups is 1. The van der Waals surface area contributed by atoms with Crippen LogP contribution in [0.1, 0.15) is 0 Å². The quantitative estimate of drug-likeness (QED) is 0.617. The second-order valence-electron chi connectivity index (χ2n) is 5.33. The third kappa shape index (κ3) is 3.67. The molecule has 0 radical (unpaired) electrons. The molecule has 0 unspecified atom stereocenters. The Hall–Kier alpha value is -3.33. The Morgan fingerprint density at radius 3 is 2.65 bits per heavy atom. The SMILES string of the molecule is COc1ccc(-c2ccc3nc(NC(=O)NCCO)nn3c2)cc1OC.